The molecule has 0 aromatic carbocycles. The van der Waals surface area contributed by atoms with Gasteiger partial charge in [-0.3, -0.25) is 0 Å². The second-order valence-corrected chi connectivity index (χ2v) is 39.5. The first-order valence-electron chi connectivity index (χ1n) is 40.3. The summed E-state index contributed by atoms with van der Waals surface area (Å²) in [5, 5.41) is 0. The van der Waals surface area contributed by atoms with Crippen LogP contribution >= 0.6 is 0 Å². The second-order valence-electron chi connectivity index (χ2n) is 30.3. The standard InChI is InChI=1S/3C26H58NO3Si.3HI/c3*1-7-8-9-10-11-12-13-14-15-16-17-18-19-20-21-22-24-27(2,3)25-23-26-31(28-4,29-5)30-6;;;/h3*7-26H2,1-6H3;3*1H/q3*+1;;;/p-3. The predicted molar refractivity (Wildman–Crippen MR) is 413 cm³/mol. The van der Waals surface area contributed by atoms with Crippen molar-refractivity contribution >= 4 is 26.4 Å². The van der Waals surface area contributed by atoms with Gasteiger partial charge in [0.2, 0.25) is 0 Å². The van der Waals surface area contributed by atoms with Crippen LogP contribution < -0.4 is 71.9 Å². The van der Waals surface area contributed by atoms with Gasteiger partial charge in [-0.15, -0.1) is 0 Å². The molecule has 0 aliphatic heterocycles. The average molecular weight is 1760 g/mol. The minimum Gasteiger partial charge on any atom is -1.00 e. The SMILES string of the molecule is CCCCCCCCCCCCCCCCCC[N+](C)(C)CCC[Si](OC)(OC)OC.CCCCCCCCCCCCCCCCCC[N+](C)(C)CCC[Si](OC)(OC)OC.CCCCCCCCCCCCCCCCCC[N+](C)(C)CCC[Si](OC)(OC)OC.[I-].[I-].[I-]. The predicted octanol–water partition coefficient (Wildman–Crippen LogP) is 13.8. The van der Waals surface area contributed by atoms with E-state index >= 15 is 0 Å². The van der Waals surface area contributed by atoms with E-state index in [9.17, 15) is 0 Å². The molecule has 96 heavy (non-hydrogen) atoms. The molecule has 0 amide bonds. The van der Waals surface area contributed by atoms with E-state index in [1.165, 1.54) is 328 Å². The molecular weight excluding hydrogens is 1590 g/mol. The van der Waals surface area contributed by atoms with Crippen LogP contribution in [0, 0.1) is 0 Å². The molecule has 588 valence electrons. The topological polar surface area (TPSA) is 83.1 Å². The maximum absolute atomic E-state index is 5.53. The Bertz CT molecular complexity index is 1290. The van der Waals surface area contributed by atoms with Crippen molar-refractivity contribution in [3.8, 4) is 0 Å². The first-order chi connectivity index (χ1) is 44.8. The molecule has 18 heteroatoms. The van der Waals surface area contributed by atoms with E-state index in [1.807, 2.05) is 0 Å². The van der Waals surface area contributed by atoms with Gasteiger partial charge in [0.05, 0.1) is 81.6 Å². The molecule has 0 unspecified atom stereocenters. The molecule has 0 fully saturated rings. The van der Waals surface area contributed by atoms with Crippen molar-refractivity contribution in [3.05, 3.63) is 0 Å². The summed E-state index contributed by atoms with van der Waals surface area (Å²) in [7, 11) is 22.2. The van der Waals surface area contributed by atoms with E-state index < -0.39 is 26.4 Å². The number of quaternary nitrogens is 3. The normalized spacial score (nSPS) is 12.2. The highest BCUT2D eigenvalue weighted by atomic mass is 127. The number of hydrogen-bond donors (Lipinski definition) is 0. The molecule has 0 saturated carbocycles. The molecule has 0 aromatic heterocycles. The van der Waals surface area contributed by atoms with E-state index in [-0.39, 0.29) is 71.9 Å². The van der Waals surface area contributed by atoms with Gasteiger partial charge >= 0.3 is 26.4 Å². The van der Waals surface area contributed by atoms with E-state index in [1.54, 1.807) is 64.0 Å². The minimum absolute atomic E-state index is 0. The minimum atomic E-state index is -2.40. The van der Waals surface area contributed by atoms with Gasteiger partial charge in [-0.1, -0.05) is 290 Å². The molecular formula is C78H174I3N3O9Si3. The fourth-order valence-electron chi connectivity index (χ4n) is 13.4. The Kier molecular flexibility index (Phi) is 89.3. The summed E-state index contributed by atoms with van der Waals surface area (Å²) in [6.45, 7) is 14.1. The summed E-state index contributed by atoms with van der Waals surface area (Å²) in [5.41, 5.74) is 0. The highest BCUT2D eigenvalue weighted by Crippen LogP contribution is 2.23. The molecule has 12 nitrogen and oxygen atoms in total. The quantitative estimate of drug-likeness (QED) is 0.0256. The summed E-state index contributed by atoms with van der Waals surface area (Å²) >= 11 is 0. The zero-order valence-corrected chi connectivity index (χ0v) is 77.5. The molecule has 0 aliphatic rings. The third kappa shape index (κ3) is 71.9. The van der Waals surface area contributed by atoms with Crippen LogP contribution in [0.3, 0.4) is 0 Å². The van der Waals surface area contributed by atoms with Gasteiger partial charge in [0.25, 0.3) is 0 Å². The zero-order valence-electron chi connectivity index (χ0n) is 68.1. The summed E-state index contributed by atoms with van der Waals surface area (Å²) in [4.78, 5) is 0. The largest absolute Gasteiger partial charge is 1.00 e. The highest BCUT2D eigenvalue weighted by molar-refractivity contribution is 6.61. The Labute approximate surface area is 657 Å². The van der Waals surface area contributed by atoms with Gasteiger partial charge in [-0.2, -0.15) is 0 Å². The molecule has 0 N–H and O–H groups in total. The van der Waals surface area contributed by atoms with E-state index in [4.69, 9.17) is 39.8 Å². The third-order valence-electron chi connectivity index (χ3n) is 20.4. The van der Waals surface area contributed by atoms with Crippen molar-refractivity contribution in [2.75, 3.05) is 146 Å². The van der Waals surface area contributed by atoms with Crippen LogP contribution in [0.25, 0.3) is 0 Å². The molecule has 0 aromatic rings. The van der Waals surface area contributed by atoms with Crippen LogP contribution in [0.5, 0.6) is 0 Å². The Morgan fingerprint density at radius 3 is 0.385 bits per heavy atom. The summed E-state index contributed by atoms with van der Waals surface area (Å²) in [5.74, 6) is 0. The molecule has 0 bridgehead atoms. The van der Waals surface area contributed by atoms with Gasteiger partial charge in [0.1, 0.15) is 0 Å². The lowest BCUT2D eigenvalue weighted by molar-refractivity contribution is -0.890. The van der Waals surface area contributed by atoms with Gasteiger partial charge in [0, 0.05) is 101 Å². The Hall–Kier alpha value is 2.36. The van der Waals surface area contributed by atoms with Gasteiger partial charge < -0.3 is 125 Å². The van der Waals surface area contributed by atoms with E-state index in [0.717, 1.165) is 70.5 Å². The number of hydrogen-bond acceptors (Lipinski definition) is 9. The maximum atomic E-state index is 5.53. The summed E-state index contributed by atoms with van der Waals surface area (Å²) in [6.07, 6.45) is 72.0. The van der Waals surface area contributed by atoms with Crippen molar-refractivity contribution in [3.63, 3.8) is 0 Å². The summed E-state index contributed by atoms with van der Waals surface area (Å²) in [6, 6.07) is 2.70. The van der Waals surface area contributed by atoms with Gasteiger partial charge in [-0.25, -0.2) is 0 Å². The Morgan fingerprint density at radius 2 is 0.271 bits per heavy atom. The lowest BCUT2D eigenvalue weighted by atomic mass is 10.0. The fraction of sp³-hybridized carbons (Fsp3) is 1.00. The lowest BCUT2D eigenvalue weighted by Crippen LogP contribution is -3.00. The van der Waals surface area contributed by atoms with Gasteiger partial charge in [0.15, 0.2) is 0 Å². The van der Waals surface area contributed by atoms with Gasteiger partial charge in [-0.05, 0) is 38.5 Å². The van der Waals surface area contributed by atoms with Crippen LogP contribution in [0.15, 0.2) is 0 Å². The highest BCUT2D eigenvalue weighted by Gasteiger charge is 2.40. The number of rotatable bonds is 72. The third-order valence-corrected chi connectivity index (χ3v) is 28.9. The fourth-order valence-corrected chi connectivity index (χ4v) is 18.5. The molecule has 0 radical (unpaired) electrons. The summed E-state index contributed by atoms with van der Waals surface area (Å²) < 4.78 is 53.0. The van der Waals surface area contributed by atoms with Crippen molar-refractivity contribution in [2.45, 2.75) is 366 Å². The van der Waals surface area contributed by atoms with Crippen molar-refractivity contribution < 1.29 is 125 Å². The Balaban J connectivity index is -0.000000312. The number of unbranched alkanes of at least 4 members (excludes halogenated alkanes) is 45. The van der Waals surface area contributed by atoms with E-state index in [0.29, 0.717) is 0 Å². The lowest BCUT2D eigenvalue weighted by Gasteiger charge is -2.31. The van der Waals surface area contributed by atoms with Crippen LogP contribution in [0.2, 0.25) is 18.1 Å². The van der Waals surface area contributed by atoms with Crippen LogP contribution in [0.4, 0.5) is 0 Å². The smallest absolute Gasteiger partial charge is 0.500 e. The van der Waals surface area contributed by atoms with Crippen LogP contribution in [0.1, 0.15) is 348 Å². The second kappa shape index (κ2) is 78.4. The monoisotopic (exact) mass is 1760 g/mol. The van der Waals surface area contributed by atoms with Crippen LogP contribution in [-0.2, 0) is 39.8 Å². The Morgan fingerprint density at radius 1 is 0.167 bits per heavy atom. The zero-order chi connectivity index (χ0) is 69.8. The molecule has 0 aliphatic carbocycles. The maximum Gasteiger partial charge on any atom is 0.500 e. The molecule has 0 spiro atoms. The molecule has 0 rings (SSSR count). The first-order valence-corrected chi connectivity index (χ1v) is 46.1. The van der Waals surface area contributed by atoms with E-state index in [2.05, 4.69) is 63.1 Å². The molecule has 0 saturated heterocycles. The number of halogens is 3. The molecule has 0 atom stereocenters. The van der Waals surface area contributed by atoms with Crippen molar-refractivity contribution in [1.82, 2.24) is 0 Å². The number of nitrogens with zero attached hydrogens (tertiary/aromatic N) is 3. The van der Waals surface area contributed by atoms with Crippen molar-refractivity contribution in [2.24, 2.45) is 0 Å². The van der Waals surface area contributed by atoms with Crippen molar-refractivity contribution in [1.29, 1.82) is 0 Å². The molecule has 0 heterocycles. The first kappa shape index (κ1) is 109. The van der Waals surface area contributed by atoms with Crippen LogP contribution in [-0.4, -0.2) is 185 Å². The average Bonchev–Trinajstić information content (AvgIpc) is 1.65.